The maximum atomic E-state index is 6.05. The number of hydrogen-bond donors (Lipinski definition) is 0. The maximum Gasteiger partial charge on any atom is 0.116 e. The fourth-order valence-electron chi connectivity index (χ4n) is 21.3. The maximum absolute atomic E-state index is 6.05. The molecule has 2 aliphatic carbocycles. The summed E-state index contributed by atoms with van der Waals surface area (Å²) in [6, 6.07) is 143. The third kappa shape index (κ3) is 12.4. The second kappa shape index (κ2) is 32.0. The molecule has 8 bridgehead atoms. The second-order valence-corrected chi connectivity index (χ2v) is 33.7. The Balaban J connectivity index is 0.000000117. The Morgan fingerprint density at radius 2 is 0.406 bits per heavy atom. The second-order valence-electron chi connectivity index (χ2n) is 33.7. The van der Waals surface area contributed by atoms with E-state index in [0.717, 1.165) is 65.6 Å². The van der Waals surface area contributed by atoms with Crippen molar-refractivity contribution in [3.05, 3.63) is 413 Å². The number of aromatic nitrogens is 10. The van der Waals surface area contributed by atoms with Crippen LogP contribution in [0.5, 0.6) is 0 Å². The first kappa shape index (κ1) is 77.5. The van der Waals surface area contributed by atoms with Gasteiger partial charge in [-0.15, -0.1) is 0 Å². The zero-order valence-corrected chi connectivity index (χ0v) is 73.3. The summed E-state index contributed by atoms with van der Waals surface area (Å²) in [6.07, 6.45) is 3.75. The molecular weight excluding hydrogens is 1690 g/mol. The average molecular weight is 1760 g/mol. The Labute approximate surface area is 779 Å². The van der Waals surface area contributed by atoms with Crippen LogP contribution in [-0.2, 0) is 17.1 Å². The minimum Gasteiger partial charge on any atom is -0.357 e. The third-order valence-electron chi connectivity index (χ3n) is 26.8. The van der Waals surface area contributed by atoms with Crippen LogP contribution in [0, 0.1) is 0 Å². The van der Waals surface area contributed by atoms with Crippen molar-refractivity contribution in [2.45, 2.75) is 0 Å². The van der Waals surface area contributed by atoms with Crippen LogP contribution >= 0.6 is 9.12 Å². The predicted molar refractivity (Wildman–Crippen MR) is 552 cm³/mol. The van der Waals surface area contributed by atoms with Crippen molar-refractivity contribution < 1.29 is 17.1 Å². The molecule has 0 N–H and O–H groups in total. The van der Waals surface area contributed by atoms with Crippen LogP contribution in [0.25, 0.3) is 287 Å². The molecule has 29 rings (SSSR count). The first-order valence-electron chi connectivity index (χ1n) is 44.9. The van der Waals surface area contributed by atoms with Crippen molar-refractivity contribution in [3.63, 3.8) is 0 Å². The van der Waals surface area contributed by atoms with Crippen LogP contribution in [0.15, 0.2) is 413 Å². The van der Waals surface area contributed by atoms with Gasteiger partial charge in [-0.3, -0.25) is 9.97 Å². The normalized spacial score (nSPS) is 11.8. The fourth-order valence-corrected chi connectivity index (χ4v) is 21.3. The predicted octanol–water partition coefficient (Wildman–Crippen LogP) is 29.9. The Morgan fingerprint density at radius 1 is 0.188 bits per heavy atom. The molecule has 5 aromatic heterocycles. The van der Waals surface area contributed by atoms with Gasteiger partial charge in [0.1, 0.15) is 7.53 Å². The van der Waals surface area contributed by atoms with Crippen LogP contribution in [0.4, 0.5) is 0 Å². The monoisotopic (exact) mass is 1760 g/mol. The van der Waals surface area contributed by atoms with Gasteiger partial charge in [0.15, 0.2) is 0 Å². The molecule has 0 saturated carbocycles. The summed E-state index contributed by atoms with van der Waals surface area (Å²) in [5.74, 6) is 2.21. The van der Waals surface area contributed by atoms with Crippen LogP contribution in [-0.4, -0.2) is 48.7 Å². The quantitative estimate of drug-likeness (QED) is 0.0686. The summed E-state index contributed by atoms with van der Waals surface area (Å²) in [5, 5.41) is 21.7. The minimum atomic E-state index is 0. The molecule has 1 unspecified atom stereocenters. The van der Waals surface area contributed by atoms with Gasteiger partial charge >= 0.3 is 0 Å². The zero-order chi connectivity index (χ0) is 87.9. The number of fused-ring (bicyclic) bond motifs is 33. The van der Waals surface area contributed by atoms with Gasteiger partial charge < -0.3 is 29.9 Å². The van der Waals surface area contributed by atoms with E-state index in [1.165, 1.54) is 183 Å². The SMILES string of the molecule is [2H][B]P.[Cu].c1ccc(-c2c3c(c(-c4ccccc4)c4ccccc24)-c2ccc4c5ccc6c7c(ccc(c8ccc-3c2c84)c75)-c2c-6c(-c3ccccc3)c3ccccc3c2-c2ccccc2)cc1.c1ccc(-c2ccnc3c2ccc2c(-c4ccccc4)ccnc23)cc1.c1ccc2c(c1)-c1nc-2nc2[n-]c(nc3nc(nc4[n-]c(n1)c1ccccc41)-c1ccccc1-3)c1ccccc21. The molecule has 13 heteroatoms. The van der Waals surface area contributed by atoms with E-state index >= 15 is 0 Å². The molecule has 133 heavy (non-hydrogen) atoms. The average Bonchev–Trinajstić information content (AvgIpc) is 1.48. The summed E-state index contributed by atoms with van der Waals surface area (Å²) in [7, 11) is 3.29. The van der Waals surface area contributed by atoms with Crippen molar-refractivity contribution in [1.29, 1.82) is 1.34 Å². The van der Waals surface area contributed by atoms with Gasteiger partial charge in [0, 0.05) is 85.1 Å². The smallest absolute Gasteiger partial charge is 0.116 e. The molecule has 2 aliphatic heterocycles. The van der Waals surface area contributed by atoms with Crippen LogP contribution in [0.1, 0.15) is 0 Å². The van der Waals surface area contributed by atoms with Gasteiger partial charge in [0.05, 0.1) is 34.3 Å². The Hall–Kier alpha value is -16.6. The van der Waals surface area contributed by atoms with E-state index in [0.29, 0.717) is 45.9 Å². The zero-order valence-electron chi connectivity index (χ0n) is 72.2. The van der Waals surface area contributed by atoms with E-state index in [1.807, 2.05) is 122 Å². The largest absolute Gasteiger partial charge is 0.357 e. The summed E-state index contributed by atoms with van der Waals surface area (Å²) in [4.78, 5) is 48.6. The molecule has 4 aliphatic rings. The van der Waals surface area contributed by atoms with Gasteiger partial charge in [0.25, 0.3) is 0 Å². The Morgan fingerprint density at radius 3 is 0.662 bits per heavy atom. The Kier molecular flexibility index (Phi) is 18.6. The molecular formula is C120H71BCuN10P-2. The molecule has 0 fully saturated rings. The number of nitrogens with zero attached hydrogens (tertiary/aromatic N) is 10. The first-order valence-corrected chi connectivity index (χ1v) is 45.0. The molecule has 1 atom stereocenters. The number of benzene rings is 20. The summed E-state index contributed by atoms with van der Waals surface area (Å²) in [6.45, 7) is 0. The molecule has 2 radical (unpaired) electrons. The van der Waals surface area contributed by atoms with Gasteiger partial charge in [-0.25, -0.2) is 9.97 Å². The minimum absolute atomic E-state index is 0. The van der Waals surface area contributed by atoms with E-state index < -0.39 is 0 Å². The third-order valence-corrected chi connectivity index (χ3v) is 26.8. The molecule has 25 aromatic rings. The number of hydrogen-bond acceptors (Lipinski definition) is 8. The van der Waals surface area contributed by atoms with E-state index in [2.05, 4.69) is 310 Å². The first-order chi connectivity index (χ1) is 66.0. The molecule has 622 valence electrons. The van der Waals surface area contributed by atoms with E-state index in [-0.39, 0.29) is 17.1 Å². The topological polar surface area (TPSA) is 131 Å². The fraction of sp³-hybridized carbons (Fsp3) is 0. The van der Waals surface area contributed by atoms with Crippen LogP contribution in [0.3, 0.4) is 0 Å². The number of rotatable bonds is 6. The summed E-state index contributed by atoms with van der Waals surface area (Å²) < 4.78 is 6.05. The molecule has 20 aromatic carbocycles. The van der Waals surface area contributed by atoms with Crippen molar-refractivity contribution in [2.24, 2.45) is 0 Å². The Bertz CT molecular complexity index is 8380. The number of pyridine rings is 2. The molecule has 10 nitrogen and oxygen atoms in total. The van der Waals surface area contributed by atoms with Crippen molar-refractivity contribution >= 4 is 147 Å². The van der Waals surface area contributed by atoms with E-state index in [1.54, 1.807) is 0 Å². The molecule has 7 heterocycles. The van der Waals surface area contributed by atoms with Crippen molar-refractivity contribution in [1.82, 2.24) is 49.8 Å². The summed E-state index contributed by atoms with van der Waals surface area (Å²) >= 11 is 0. The van der Waals surface area contributed by atoms with Crippen molar-refractivity contribution in [3.8, 4) is 157 Å². The van der Waals surface area contributed by atoms with Crippen molar-refractivity contribution in [2.75, 3.05) is 0 Å². The van der Waals surface area contributed by atoms with Gasteiger partial charge in [-0.05, 0) is 211 Å². The summed E-state index contributed by atoms with van der Waals surface area (Å²) in [5.41, 5.74) is 33.3. The van der Waals surface area contributed by atoms with Gasteiger partial charge in [-0.1, -0.05) is 388 Å². The standard InChI is InChI=1S/C64H36.C32H16N8.C24H16N2.BH3P.Cu/c1-5-17-37(18-6-1)53-41-25-13-14-26-42(41)54(38-19-7-2-8-20-38)62-50-34-30-46-48-32-36-52-60-51(35-31-47(58(48)60)45-29-33-49(61(53)62)59(50)57(45)46)63-55(39-21-9-3-10-22-39)43-27-15-16-28-44(43)56(64(52)63)40-23-11-4-12-24-40;1-2-10-18-17(9-1)25-33-26(18)38-28-21-13-5-6-14-22(21)30(35-28)40-32-24-16-8-7-15-23(24)31(36-32)39-29-20-12-4-3-11-19(20)27(34-29)37-25;1-3-7-17(8-4-1)19-13-15-25-23-21(19)11-12-22-20(14-16-26-24(22)23)18-9-5-2-6-10-18;1-2;/h1-36H;1-16H;1-16H;1H,2H2;/q;-2;;;/i;;;1D;. The molecule has 0 saturated heterocycles. The van der Waals surface area contributed by atoms with Gasteiger partial charge in [0.2, 0.25) is 0 Å². The van der Waals surface area contributed by atoms with E-state index in [9.17, 15) is 0 Å². The molecule has 0 spiro atoms. The molecule has 0 amide bonds. The van der Waals surface area contributed by atoms with Gasteiger partial charge in [-0.2, -0.15) is 9.12 Å². The van der Waals surface area contributed by atoms with E-state index in [4.69, 9.17) is 41.2 Å². The van der Waals surface area contributed by atoms with Crippen LogP contribution in [0.2, 0.25) is 0 Å². The van der Waals surface area contributed by atoms with Crippen LogP contribution < -0.4 is 9.97 Å².